The van der Waals surface area contributed by atoms with Crippen LogP contribution in [-0.2, 0) is 0 Å². The maximum absolute atomic E-state index is 4.01. The van der Waals surface area contributed by atoms with E-state index in [-0.39, 0.29) is 0 Å². The smallest absolute Gasteiger partial charge is 0.0458 e. The van der Waals surface area contributed by atoms with Gasteiger partial charge in [0.2, 0.25) is 0 Å². The molecule has 2 aromatic rings. The van der Waals surface area contributed by atoms with E-state index < -0.39 is 0 Å². The van der Waals surface area contributed by atoms with E-state index in [0.29, 0.717) is 0 Å². The van der Waals surface area contributed by atoms with Gasteiger partial charge in [-0.05, 0) is 29.5 Å². The first-order valence-electron chi connectivity index (χ1n) is 4.57. The van der Waals surface area contributed by atoms with E-state index >= 15 is 0 Å². The first-order valence-corrected chi connectivity index (χ1v) is 4.57. The van der Waals surface area contributed by atoms with E-state index in [1.54, 1.807) is 0 Å². The lowest BCUT2D eigenvalue weighted by Gasteiger charge is -1.95. The summed E-state index contributed by atoms with van der Waals surface area (Å²) in [5.74, 6) is 0. The largest absolute Gasteiger partial charge is 0.355 e. The van der Waals surface area contributed by atoms with Gasteiger partial charge in [0, 0.05) is 11.2 Å². The highest BCUT2D eigenvalue weighted by Crippen LogP contribution is 2.20. The van der Waals surface area contributed by atoms with Gasteiger partial charge in [-0.25, -0.2) is 0 Å². The average molecular weight is 171 g/mol. The Bertz CT molecular complexity index is 404. The first kappa shape index (κ1) is 8.11. The molecule has 1 aromatic heterocycles. The Morgan fingerprint density at radius 2 is 2.15 bits per heavy atom. The number of hydrogen-bond donors (Lipinski definition) is 1. The Balaban J connectivity index is 2.56. The minimum Gasteiger partial charge on any atom is -0.355 e. The van der Waals surface area contributed by atoms with Gasteiger partial charge in [-0.15, -0.1) is 0 Å². The lowest BCUT2D eigenvalue weighted by atomic mass is 10.1. The standard InChI is InChI=1S/C12H13N/c1-3-9(2)12-8-10-6-4-5-7-11(10)13-12/h4-8,13H,2-3H2,1H3. The predicted octanol–water partition coefficient (Wildman–Crippen LogP) is 3.59. The molecule has 0 fully saturated rings. The normalized spacial score (nSPS) is 10.5. The van der Waals surface area contributed by atoms with E-state index in [1.807, 2.05) is 6.07 Å². The number of nitrogens with one attached hydrogen (secondary N) is 1. The first-order chi connectivity index (χ1) is 6.31. The number of rotatable bonds is 2. The summed E-state index contributed by atoms with van der Waals surface area (Å²) < 4.78 is 0. The molecule has 0 bridgehead atoms. The summed E-state index contributed by atoms with van der Waals surface area (Å²) in [6.07, 6.45) is 0.993. The SMILES string of the molecule is C=C(CC)c1cc2ccccc2[nH]1. The van der Waals surface area contributed by atoms with Crippen LogP contribution in [0.5, 0.6) is 0 Å². The third kappa shape index (κ3) is 1.37. The number of aromatic nitrogens is 1. The van der Waals surface area contributed by atoms with Gasteiger partial charge in [-0.2, -0.15) is 0 Å². The minimum atomic E-state index is 0.993. The van der Waals surface area contributed by atoms with Gasteiger partial charge in [0.1, 0.15) is 0 Å². The van der Waals surface area contributed by atoms with E-state index in [9.17, 15) is 0 Å². The van der Waals surface area contributed by atoms with Gasteiger partial charge in [0.05, 0.1) is 0 Å². The summed E-state index contributed by atoms with van der Waals surface area (Å²) >= 11 is 0. The average Bonchev–Trinajstić information content (AvgIpc) is 2.59. The molecule has 0 radical (unpaired) electrons. The fraction of sp³-hybridized carbons (Fsp3) is 0.167. The number of hydrogen-bond acceptors (Lipinski definition) is 0. The fourth-order valence-electron chi connectivity index (χ4n) is 1.45. The third-order valence-corrected chi connectivity index (χ3v) is 2.34. The van der Waals surface area contributed by atoms with Crippen molar-refractivity contribution >= 4 is 16.5 Å². The van der Waals surface area contributed by atoms with Crippen molar-refractivity contribution < 1.29 is 0 Å². The van der Waals surface area contributed by atoms with Crippen molar-refractivity contribution in [2.45, 2.75) is 13.3 Å². The van der Waals surface area contributed by atoms with Gasteiger partial charge in [-0.1, -0.05) is 31.7 Å². The van der Waals surface area contributed by atoms with Crippen molar-refractivity contribution in [3.8, 4) is 0 Å². The van der Waals surface area contributed by atoms with Gasteiger partial charge >= 0.3 is 0 Å². The molecule has 0 atom stereocenters. The van der Waals surface area contributed by atoms with Gasteiger partial charge in [-0.3, -0.25) is 0 Å². The summed E-state index contributed by atoms with van der Waals surface area (Å²) in [6.45, 7) is 6.13. The van der Waals surface area contributed by atoms with Crippen molar-refractivity contribution in [2.75, 3.05) is 0 Å². The zero-order chi connectivity index (χ0) is 9.26. The van der Waals surface area contributed by atoms with Crippen LogP contribution >= 0.6 is 0 Å². The maximum Gasteiger partial charge on any atom is 0.0458 e. The van der Waals surface area contributed by atoms with Crippen LogP contribution in [0.3, 0.4) is 0 Å². The van der Waals surface area contributed by atoms with Crippen LogP contribution in [0, 0.1) is 0 Å². The van der Waals surface area contributed by atoms with Gasteiger partial charge in [0.25, 0.3) is 0 Å². The second-order valence-electron chi connectivity index (χ2n) is 3.23. The topological polar surface area (TPSA) is 15.8 Å². The maximum atomic E-state index is 4.01. The molecular weight excluding hydrogens is 158 g/mol. The van der Waals surface area contributed by atoms with Crippen LogP contribution in [-0.4, -0.2) is 4.98 Å². The fourth-order valence-corrected chi connectivity index (χ4v) is 1.45. The van der Waals surface area contributed by atoms with Crippen molar-refractivity contribution in [3.05, 3.63) is 42.6 Å². The Hall–Kier alpha value is -1.50. The van der Waals surface area contributed by atoms with E-state index in [0.717, 1.165) is 17.7 Å². The number of fused-ring (bicyclic) bond motifs is 1. The van der Waals surface area contributed by atoms with E-state index in [1.165, 1.54) is 10.9 Å². The third-order valence-electron chi connectivity index (χ3n) is 2.34. The van der Waals surface area contributed by atoms with Crippen molar-refractivity contribution in [1.29, 1.82) is 0 Å². The summed E-state index contributed by atoms with van der Waals surface area (Å²) in [7, 11) is 0. The summed E-state index contributed by atoms with van der Waals surface area (Å²) in [5.41, 5.74) is 3.51. The molecule has 0 saturated carbocycles. The number of aromatic amines is 1. The Morgan fingerprint density at radius 3 is 2.85 bits per heavy atom. The molecule has 2 rings (SSSR count). The molecular formula is C12H13N. The van der Waals surface area contributed by atoms with Crippen molar-refractivity contribution in [1.82, 2.24) is 4.98 Å². The van der Waals surface area contributed by atoms with Crippen LogP contribution in [0.15, 0.2) is 36.9 Å². The van der Waals surface area contributed by atoms with Crippen LogP contribution in [0.4, 0.5) is 0 Å². The number of H-pyrrole nitrogens is 1. The molecule has 0 unspecified atom stereocenters. The Kier molecular flexibility index (Phi) is 1.93. The molecule has 0 aliphatic rings. The number of allylic oxidation sites excluding steroid dienone is 1. The molecule has 0 saturated heterocycles. The molecule has 0 spiro atoms. The summed E-state index contributed by atoms with van der Waals surface area (Å²) in [4.78, 5) is 3.35. The quantitative estimate of drug-likeness (QED) is 0.710. The van der Waals surface area contributed by atoms with Crippen molar-refractivity contribution in [3.63, 3.8) is 0 Å². The van der Waals surface area contributed by atoms with E-state index in [2.05, 4.69) is 42.8 Å². The molecule has 66 valence electrons. The second kappa shape index (κ2) is 3.09. The highest BCUT2D eigenvalue weighted by Gasteiger charge is 2.00. The molecule has 1 N–H and O–H groups in total. The molecule has 1 nitrogen and oxygen atoms in total. The van der Waals surface area contributed by atoms with Crippen LogP contribution in [0.25, 0.3) is 16.5 Å². The molecule has 13 heavy (non-hydrogen) atoms. The second-order valence-corrected chi connectivity index (χ2v) is 3.23. The van der Waals surface area contributed by atoms with Gasteiger partial charge in [0.15, 0.2) is 0 Å². The highest BCUT2D eigenvalue weighted by molar-refractivity contribution is 5.84. The lowest BCUT2D eigenvalue weighted by Crippen LogP contribution is -1.78. The Labute approximate surface area is 78.1 Å². The van der Waals surface area contributed by atoms with Crippen LogP contribution in [0.2, 0.25) is 0 Å². The van der Waals surface area contributed by atoms with E-state index in [4.69, 9.17) is 0 Å². The Morgan fingerprint density at radius 1 is 1.38 bits per heavy atom. The molecule has 1 aromatic carbocycles. The van der Waals surface area contributed by atoms with Crippen LogP contribution in [0.1, 0.15) is 19.0 Å². The zero-order valence-electron chi connectivity index (χ0n) is 7.80. The summed E-state index contributed by atoms with van der Waals surface area (Å²) in [5, 5.41) is 1.26. The molecule has 0 amide bonds. The monoisotopic (exact) mass is 171 g/mol. The number of para-hydroxylation sites is 1. The minimum absolute atomic E-state index is 0.993. The summed E-state index contributed by atoms with van der Waals surface area (Å²) in [6, 6.07) is 10.4. The molecule has 1 heterocycles. The molecule has 1 heteroatoms. The highest BCUT2D eigenvalue weighted by atomic mass is 14.7. The predicted molar refractivity (Wildman–Crippen MR) is 57.6 cm³/mol. The zero-order valence-corrected chi connectivity index (χ0v) is 7.80. The molecule has 0 aliphatic carbocycles. The van der Waals surface area contributed by atoms with Crippen molar-refractivity contribution in [2.24, 2.45) is 0 Å². The lowest BCUT2D eigenvalue weighted by molar-refractivity contribution is 1.22. The van der Waals surface area contributed by atoms with Gasteiger partial charge < -0.3 is 4.98 Å². The number of benzene rings is 1. The molecule has 0 aliphatic heterocycles. The van der Waals surface area contributed by atoms with Crippen LogP contribution < -0.4 is 0 Å².